The van der Waals surface area contributed by atoms with E-state index in [1.807, 2.05) is 11.8 Å². The van der Waals surface area contributed by atoms with Crippen molar-refractivity contribution in [1.29, 1.82) is 0 Å². The van der Waals surface area contributed by atoms with Crippen LogP contribution in [0.15, 0.2) is 4.99 Å². The summed E-state index contributed by atoms with van der Waals surface area (Å²) in [6, 6.07) is 0.828. The smallest absolute Gasteiger partial charge is 0.244 e. The maximum absolute atomic E-state index is 12.1. The molecule has 2 unspecified atom stereocenters. The average Bonchev–Trinajstić information content (AvgIpc) is 3.12. The number of amides is 1. The van der Waals surface area contributed by atoms with Gasteiger partial charge in [0.15, 0.2) is 5.96 Å². The molecule has 138 valence electrons. The first-order valence-corrected chi connectivity index (χ1v) is 9.25. The largest absolute Gasteiger partial charge is 0.379 e. The summed E-state index contributed by atoms with van der Waals surface area (Å²) in [4.78, 5) is 20.9. The number of carbonyl (C=O) groups is 1. The van der Waals surface area contributed by atoms with E-state index in [9.17, 15) is 4.79 Å². The van der Waals surface area contributed by atoms with Gasteiger partial charge in [-0.25, -0.2) is 4.99 Å². The summed E-state index contributed by atoms with van der Waals surface area (Å²) in [5.74, 6) is 0.845. The summed E-state index contributed by atoms with van der Waals surface area (Å²) in [5.41, 5.74) is 0. The van der Waals surface area contributed by atoms with Crippen LogP contribution < -0.4 is 10.6 Å². The van der Waals surface area contributed by atoms with Crippen molar-refractivity contribution in [2.24, 2.45) is 4.99 Å². The lowest BCUT2D eigenvalue weighted by molar-refractivity contribution is -0.128. The van der Waals surface area contributed by atoms with Gasteiger partial charge >= 0.3 is 0 Å². The van der Waals surface area contributed by atoms with E-state index in [4.69, 9.17) is 4.74 Å². The third-order valence-corrected chi connectivity index (χ3v) is 4.73. The molecule has 0 saturated carbocycles. The molecule has 2 atom stereocenters. The average molecular weight is 339 g/mol. The van der Waals surface area contributed by atoms with Crippen LogP contribution in [0.25, 0.3) is 0 Å². The molecule has 2 N–H and O–H groups in total. The van der Waals surface area contributed by atoms with Gasteiger partial charge in [-0.15, -0.1) is 0 Å². The highest BCUT2D eigenvalue weighted by atomic mass is 16.5. The van der Waals surface area contributed by atoms with Gasteiger partial charge in [0.05, 0.1) is 13.2 Å². The summed E-state index contributed by atoms with van der Waals surface area (Å²) in [6.07, 6.45) is 2.23. The molecule has 0 aromatic carbocycles. The molecule has 2 saturated heterocycles. The van der Waals surface area contributed by atoms with Crippen LogP contribution in [0.4, 0.5) is 0 Å². The lowest BCUT2D eigenvalue weighted by Gasteiger charge is -2.38. The summed E-state index contributed by atoms with van der Waals surface area (Å²) >= 11 is 0. The molecule has 0 aromatic heterocycles. The van der Waals surface area contributed by atoms with E-state index >= 15 is 0 Å². The fourth-order valence-corrected chi connectivity index (χ4v) is 3.31. The Balaban J connectivity index is 1.80. The highest BCUT2D eigenvalue weighted by Gasteiger charge is 2.23. The van der Waals surface area contributed by atoms with Crippen molar-refractivity contribution in [1.82, 2.24) is 20.4 Å². The van der Waals surface area contributed by atoms with Crippen molar-refractivity contribution in [3.8, 4) is 0 Å². The molecule has 7 heteroatoms. The number of ether oxygens (including phenoxy) is 1. The predicted octanol–water partition coefficient (Wildman–Crippen LogP) is 0.273. The van der Waals surface area contributed by atoms with Crippen molar-refractivity contribution in [2.45, 2.75) is 45.7 Å². The molecule has 2 fully saturated rings. The van der Waals surface area contributed by atoms with Crippen molar-refractivity contribution in [3.63, 3.8) is 0 Å². The maximum Gasteiger partial charge on any atom is 0.244 e. The van der Waals surface area contributed by atoms with Crippen molar-refractivity contribution in [2.75, 3.05) is 52.5 Å². The summed E-state index contributed by atoms with van der Waals surface area (Å²) < 4.78 is 5.50. The van der Waals surface area contributed by atoms with E-state index in [-0.39, 0.29) is 12.5 Å². The zero-order valence-electron chi connectivity index (χ0n) is 15.4. The lowest BCUT2D eigenvalue weighted by Crippen LogP contribution is -2.53. The van der Waals surface area contributed by atoms with Crippen LogP contribution in [0.1, 0.15) is 33.6 Å². The second-order valence-corrected chi connectivity index (χ2v) is 6.67. The van der Waals surface area contributed by atoms with Crippen molar-refractivity contribution in [3.05, 3.63) is 0 Å². The quantitative estimate of drug-likeness (QED) is 0.537. The van der Waals surface area contributed by atoms with Gasteiger partial charge in [0.2, 0.25) is 5.91 Å². The molecule has 2 rings (SSSR count). The van der Waals surface area contributed by atoms with E-state index in [0.717, 1.165) is 64.7 Å². The summed E-state index contributed by atoms with van der Waals surface area (Å²) in [7, 11) is 0. The van der Waals surface area contributed by atoms with Crippen LogP contribution in [-0.4, -0.2) is 86.2 Å². The summed E-state index contributed by atoms with van der Waals surface area (Å²) in [6.45, 7) is 12.6. The van der Waals surface area contributed by atoms with Gasteiger partial charge in [0.25, 0.3) is 0 Å². The van der Waals surface area contributed by atoms with Gasteiger partial charge < -0.3 is 20.3 Å². The molecule has 2 aliphatic rings. The number of hydrogen-bond donors (Lipinski definition) is 2. The Morgan fingerprint density at radius 2 is 2.04 bits per heavy atom. The molecule has 0 aromatic rings. The number of nitrogens with zero attached hydrogens (tertiary/aromatic N) is 3. The standard InChI is InChI=1S/C17H33N5O2/c1-4-18-17(20-12-16(23)21-7-5-6-8-21)19-11-14(2)22-9-10-24-13-15(22)3/h14-15H,4-13H2,1-3H3,(H2,18,19,20). The molecule has 2 aliphatic heterocycles. The molecule has 1 amide bonds. The predicted molar refractivity (Wildman–Crippen MR) is 96.2 cm³/mol. The van der Waals surface area contributed by atoms with E-state index in [1.165, 1.54) is 0 Å². The third-order valence-electron chi connectivity index (χ3n) is 4.73. The van der Waals surface area contributed by atoms with E-state index in [2.05, 4.69) is 34.4 Å². The molecule has 0 aliphatic carbocycles. The fourth-order valence-electron chi connectivity index (χ4n) is 3.31. The van der Waals surface area contributed by atoms with E-state index < -0.39 is 0 Å². The number of nitrogens with one attached hydrogen (secondary N) is 2. The van der Waals surface area contributed by atoms with E-state index in [1.54, 1.807) is 0 Å². The van der Waals surface area contributed by atoms with Crippen LogP contribution >= 0.6 is 0 Å². The molecule has 0 radical (unpaired) electrons. The van der Waals surface area contributed by atoms with Gasteiger partial charge in [0, 0.05) is 44.8 Å². The minimum Gasteiger partial charge on any atom is -0.379 e. The molecule has 0 spiro atoms. The molecule has 7 nitrogen and oxygen atoms in total. The molecule has 2 heterocycles. The Labute approximate surface area is 145 Å². The Kier molecular flexibility index (Phi) is 7.78. The highest BCUT2D eigenvalue weighted by molar-refractivity contribution is 5.85. The Bertz CT molecular complexity index is 423. The maximum atomic E-state index is 12.1. The zero-order valence-corrected chi connectivity index (χ0v) is 15.4. The first kappa shape index (κ1) is 19.0. The zero-order chi connectivity index (χ0) is 17.4. The number of rotatable bonds is 6. The van der Waals surface area contributed by atoms with Crippen molar-refractivity contribution < 1.29 is 9.53 Å². The van der Waals surface area contributed by atoms with Crippen molar-refractivity contribution >= 4 is 11.9 Å². The number of morpholine rings is 1. The topological polar surface area (TPSA) is 69.2 Å². The number of aliphatic imine (C=N–C) groups is 1. The van der Waals surface area contributed by atoms with Gasteiger partial charge in [-0.1, -0.05) is 0 Å². The van der Waals surface area contributed by atoms with Crippen LogP contribution in [0.3, 0.4) is 0 Å². The number of carbonyl (C=O) groups excluding carboxylic acids is 1. The van der Waals surface area contributed by atoms with Crippen LogP contribution in [0.5, 0.6) is 0 Å². The minimum atomic E-state index is 0.125. The lowest BCUT2D eigenvalue weighted by atomic mass is 10.2. The Morgan fingerprint density at radius 1 is 1.29 bits per heavy atom. The summed E-state index contributed by atoms with van der Waals surface area (Å²) in [5, 5.41) is 6.59. The Morgan fingerprint density at radius 3 is 2.71 bits per heavy atom. The van der Waals surface area contributed by atoms with Gasteiger partial charge in [-0.2, -0.15) is 0 Å². The van der Waals surface area contributed by atoms with Crippen LogP contribution in [-0.2, 0) is 9.53 Å². The molecular weight excluding hydrogens is 306 g/mol. The monoisotopic (exact) mass is 339 g/mol. The SMILES string of the molecule is CCNC(=NCC(=O)N1CCCC1)NCC(C)N1CCOCC1C. The number of guanidine groups is 1. The normalized spacial score (nSPS) is 24.0. The number of likely N-dealkylation sites (tertiary alicyclic amines) is 1. The van der Waals surface area contributed by atoms with Gasteiger partial charge in [0.1, 0.15) is 6.54 Å². The molecular formula is C17H33N5O2. The van der Waals surface area contributed by atoms with Gasteiger partial charge in [-0.05, 0) is 33.6 Å². The molecule has 0 bridgehead atoms. The fraction of sp³-hybridized carbons (Fsp3) is 0.882. The van der Waals surface area contributed by atoms with Gasteiger partial charge in [-0.3, -0.25) is 9.69 Å². The minimum absolute atomic E-state index is 0.125. The Hall–Kier alpha value is -1.34. The van der Waals surface area contributed by atoms with E-state index in [0.29, 0.717) is 12.1 Å². The first-order chi connectivity index (χ1) is 11.6. The second kappa shape index (κ2) is 9.84. The van der Waals surface area contributed by atoms with Crippen LogP contribution in [0.2, 0.25) is 0 Å². The second-order valence-electron chi connectivity index (χ2n) is 6.67. The molecule has 24 heavy (non-hydrogen) atoms. The highest BCUT2D eigenvalue weighted by Crippen LogP contribution is 2.10. The van der Waals surface area contributed by atoms with Crippen LogP contribution in [0, 0.1) is 0 Å². The number of hydrogen-bond acceptors (Lipinski definition) is 4. The first-order valence-electron chi connectivity index (χ1n) is 9.25. The third kappa shape index (κ3) is 5.63.